The summed E-state index contributed by atoms with van der Waals surface area (Å²) in [5, 5.41) is 17.7. The van der Waals surface area contributed by atoms with E-state index in [0.29, 0.717) is 29.2 Å². The van der Waals surface area contributed by atoms with Crippen LogP contribution in [0.15, 0.2) is 30.5 Å². The standard InChI is InChI=1S/C18H23ClN6O2/c1-18(2,22-16(26)11-5-4-6-12(19)7-11)15-10-25(24-23-15)13-8-14(21-9-13)17(27)20-3/h4-7,10,13-14,21H,8-9H2,1-3H3,(H,20,27)(H,22,26)/t13-,14-/m0/s1. The second-order valence-corrected chi connectivity index (χ2v) is 7.57. The Morgan fingerprint density at radius 3 is 2.85 bits per heavy atom. The summed E-state index contributed by atoms with van der Waals surface area (Å²) in [6.07, 6.45) is 2.45. The van der Waals surface area contributed by atoms with Crippen molar-refractivity contribution in [3.63, 3.8) is 0 Å². The fraction of sp³-hybridized carbons (Fsp3) is 0.444. The molecule has 8 nitrogen and oxygen atoms in total. The fourth-order valence-corrected chi connectivity index (χ4v) is 3.27. The predicted octanol–water partition coefficient (Wildman–Crippen LogP) is 1.25. The van der Waals surface area contributed by atoms with Gasteiger partial charge in [-0.1, -0.05) is 22.9 Å². The van der Waals surface area contributed by atoms with Crippen LogP contribution in [0.25, 0.3) is 0 Å². The number of benzene rings is 1. The van der Waals surface area contributed by atoms with Crippen molar-refractivity contribution in [2.45, 2.75) is 37.9 Å². The number of carbonyl (C=O) groups is 2. The first-order chi connectivity index (χ1) is 12.8. The van der Waals surface area contributed by atoms with Gasteiger partial charge in [0.1, 0.15) is 5.69 Å². The number of amides is 2. The van der Waals surface area contributed by atoms with Gasteiger partial charge in [-0.25, -0.2) is 4.68 Å². The number of carbonyl (C=O) groups excluding carboxylic acids is 2. The number of halogens is 1. The molecule has 0 unspecified atom stereocenters. The molecular weight excluding hydrogens is 368 g/mol. The number of hydrogen-bond donors (Lipinski definition) is 3. The molecule has 0 aliphatic carbocycles. The third kappa shape index (κ3) is 4.28. The van der Waals surface area contributed by atoms with E-state index < -0.39 is 5.54 Å². The van der Waals surface area contributed by atoms with Crippen molar-refractivity contribution in [3.05, 3.63) is 46.7 Å². The zero-order valence-electron chi connectivity index (χ0n) is 15.5. The lowest BCUT2D eigenvalue weighted by Crippen LogP contribution is -2.41. The third-order valence-corrected chi connectivity index (χ3v) is 4.94. The molecule has 1 aromatic carbocycles. The maximum Gasteiger partial charge on any atom is 0.252 e. The van der Waals surface area contributed by atoms with Gasteiger partial charge in [0.25, 0.3) is 5.91 Å². The monoisotopic (exact) mass is 390 g/mol. The molecule has 2 amide bonds. The molecule has 3 rings (SSSR count). The van der Waals surface area contributed by atoms with E-state index in [-0.39, 0.29) is 23.9 Å². The minimum absolute atomic E-state index is 0.0352. The van der Waals surface area contributed by atoms with E-state index in [1.807, 2.05) is 20.0 Å². The molecule has 2 aromatic rings. The Balaban J connectivity index is 1.69. The van der Waals surface area contributed by atoms with E-state index in [1.54, 1.807) is 36.0 Å². The summed E-state index contributed by atoms with van der Waals surface area (Å²) in [6, 6.07) is 6.58. The highest BCUT2D eigenvalue weighted by atomic mass is 35.5. The number of hydrogen-bond acceptors (Lipinski definition) is 5. The Bertz CT molecular complexity index is 850. The fourth-order valence-electron chi connectivity index (χ4n) is 3.08. The average Bonchev–Trinajstić information content (AvgIpc) is 3.30. The molecular formula is C18H23ClN6O2. The highest BCUT2D eigenvalue weighted by Crippen LogP contribution is 2.23. The average molecular weight is 391 g/mol. The molecule has 1 aromatic heterocycles. The van der Waals surface area contributed by atoms with E-state index in [9.17, 15) is 9.59 Å². The van der Waals surface area contributed by atoms with Crippen LogP contribution in [0.2, 0.25) is 5.02 Å². The first-order valence-corrected chi connectivity index (χ1v) is 9.13. The van der Waals surface area contributed by atoms with Gasteiger partial charge in [0.15, 0.2) is 0 Å². The third-order valence-electron chi connectivity index (χ3n) is 4.71. The molecule has 9 heteroatoms. The van der Waals surface area contributed by atoms with Crippen LogP contribution in [0.4, 0.5) is 0 Å². The van der Waals surface area contributed by atoms with Crippen LogP contribution in [0.5, 0.6) is 0 Å². The van der Waals surface area contributed by atoms with E-state index >= 15 is 0 Å². The maximum absolute atomic E-state index is 12.5. The molecule has 1 saturated heterocycles. The summed E-state index contributed by atoms with van der Waals surface area (Å²) >= 11 is 5.96. The molecule has 0 saturated carbocycles. The lowest BCUT2D eigenvalue weighted by atomic mass is 10.0. The minimum atomic E-state index is -0.718. The van der Waals surface area contributed by atoms with Crippen LogP contribution in [0.1, 0.15) is 42.4 Å². The first-order valence-electron chi connectivity index (χ1n) is 8.75. The topological polar surface area (TPSA) is 101 Å². The predicted molar refractivity (Wildman–Crippen MR) is 101 cm³/mol. The van der Waals surface area contributed by atoms with Crippen molar-refractivity contribution in [2.24, 2.45) is 0 Å². The van der Waals surface area contributed by atoms with Gasteiger partial charge in [0.05, 0.1) is 23.8 Å². The minimum Gasteiger partial charge on any atom is -0.358 e. The van der Waals surface area contributed by atoms with Crippen molar-refractivity contribution in [1.82, 2.24) is 30.9 Å². The Hall–Kier alpha value is -2.45. The molecule has 0 bridgehead atoms. The van der Waals surface area contributed by atoms with E-state index in [4.69, 9.17) is 11.6 Å². The molecule has 144 valence electrons. The Morgan fingerprint density at radius 2 is 2.15 bits per heavy atom. The summed E-state index contributed by atoms with van der Waals surface area (Å²) in [4.78, 5) is 24.3. The number of aromatic nitrogens is 3. The van der Waals surface area contributed by atoms with Gasteiger partial charge in [-0.2, -0.15) is 0 Å². The highest BCUT2D eigenvalue weighted by molar-refractivity contribution is 6.30. The van der Waals surface area contributed by atoms with E-state index in [0.717, 1.165) is 0 Å². The molecule has 2 atom stereocenters. The Kier molecular flexibility index (Phi) is 5.48. The van der Waals surface area contributed by atoms with Crippen LogP contribution in [0.3, 0.4) is 0 Å². The Morgan fingerprint density at radius 1 is 1.37 bits per heavy atom. The van der Waals surface area contributed by atoms with Gasteiger partial charge in [-0.15, -0.1) is 5.10 Å². The van der Waals surface area contributed by atoms with E-state index in [1.165, 1.54) is 0 Å². The van der Waals surface area contributed by atoms with Crippen molar-refractivity contribution in [2.75, 3.05) is 13.6 Å². The SMILES string of the molecule is CNC(=O)[C@@H]1C[C@H](n2cc(C(C)(C)NC(=O)c3cccc(Cl)c3)nn2)CN1. The van der Waals surface area contributed by atoms with Gasteiger partial charge in [0, 0.05) is 24.2 Å². The molecule has 0 spiro atoms. The summed E-state index contributed by atoms with van der Waals surface area (Å²) < 4.78 is 1.75. The Labute approximate surface area is 162 Å². The van der Waals surface area contributed by atoms with Crippen LogP contribution >= 0.6 is 11.6 Å². The van der Waals surface area contributed by atoms with Gasteiger partial charge < -0.3 is 16.0 Å². The number of rotatable bonds is 5. The molecule has 27 heavy (non-hydrogen) atoms. The highest BCUT2D eigenvalue weighted by Gasteiger charge is 2.32. The molecule has 1 fully saturated rings. The van der Waals surface area contributed by atoms with Crippen LogP contribution in [0, 0.1) is 0 Å². The summed E-state index contributed by atoms with van der Waals surface area (Å²) in [5.74, 6) is -0.272. The summed E-state index contributed by atoms with van der Waals surface area (Å²) in [6.45, 7) is 4.37. The van der Waals surface area contributed by atoms with Gasteiger partial charge in [-0.05, 0) is 38.5 Å². The van der Waals surface area contributed by atoms with Crippen LogP contribution < -0.4 is 16.0 Å². The summed E-state index contributed by atoms with van der Waals surface area (Å²) in [7, 11) is 1.62. The molecule has 1 aliphatic heterocycles. The van der Waals surface area contributed by atoms with Crippen LogP contribution in [-0.4, -0.2) is 46.4 Å². The second-order valence-electron chi connectivity index (χ2n) is 7.14. The molecule has 1 aliphatic rings. The lowest BCUT2D eigenvalue weighted by Gasteiger charge is -2.23. The zero-order chi connectivity index (χ0) is 19.6. The first kappa shape index (κ1) is 19.3. The quantitative estimate of drug-likeness (QED) is 0.713. The maximum atomic E-state index is 12.5. The van der Waals surface area contributed by atoms with Gasteiger partial charge >= 0.3 is 0 Å². The van der Waals surface area contributed by atoms with Crippen molar-refractivity contribution >= 4 is 23.4 Å². The number of nitrogens with one attached hydrogen (secondary N) is 3. The number of nitrogens with zero attached hydrogens (tertiary/aromatic N) is 3. The van der Waals surface area contributed by atoms with Crippen LogP contribution in [-0.2, 0) is 10.3 Å². The van der Waals surface area contributed by atoms with Crippen molar-refractivity contribution < 1.29 is 9.59 Å². The molecule has 0 radical (unpaired) electrons. The number of likely N-dealkylation sites (N-methyl/N-ethyl adjacent to an activating group) is 1. The largest absolute Gasteiger partial charge is 0.358 e. The van der Waals surface area contributed by atoms with E-state index in [2.05, 4.69) is 26.3 Å². The van der Waals surface area contributed by atoms with Gasteiger partial charge in [-0.3, -0.25) is 9.59 Å². The second kappa shape index (κ2) is 7.66. The van der Waals surface area contributed by atoms with Gasteiger partial charge in [0.2, 0.25) is 5.91 Å². The summed E-state index contributed by atoms with van der Waals surface area (Å²) in [5.41, 5.74) is 0.404. The smallest absolute Gasteiger partial charge is 0.252 e. The zero-order valence-corrected chi connectivity index (χ0v) is 16.2. The lowest BCUT2D eigenvalue weighted by molar-refractivity contribution is -0.122. The molecule has 2 heterocycles. The van der Waals surface area contributed by atoms with Crippen molar-refractivity contribution in [1.29, 1.82) is 0 Å². The van der Waals surface area contributed by atoms with Crippen molar-refractivity contribution in [3.8, 4) is 0 Å². The normalized spacial score (nSPS) is 19.7. The molecule has 3 N–H and O–H groups in total.